The van der Waals surface area contributed by atoms with Gasteiger partial charge in [-0.3, -0.25) is 9.36 Å². The van der Waals surface area contributed by atoms with Gasteiger partial charge in [0.25, 0.3) is 5.56 Å². The van der Waals surface area contributed by atoms with E-state index in [9.17, 15) is 4.79 Å². The predicted octanol–water partition coefficient (Wildman–Crippen LogP) is 2.29. The van der Waals surface area contributed by atoms with Crippen LogP contribution in [-0.2, 0) is 0 Å². The highest BCUT2D eigenvalue weighted by Crippen LogP contribution is 2.32. The SMILES string of the molecule is COc1ccc(-n2cnc3c(sc4nc(C)nc(N)c43)c2=O)cc1. The Bertz CT molecular complexity index is 1130. The smallest absolute Gasteiger partial charge is 0.275 e. The van der Waals surface area contributed by atoms with Crippen LogP contribution in [0.3, 0.4) is 0 Å². The fourth-order valence-electron chi connectivity index (χ4n) is 2.59. The van der Waals surface area contributed by atoms with E-state index in [2.05, 4.69) is 15.0 Å². The Morgan fingerprint density at radius 2 is 1.96 bits per heavy atom. The van der Waals surface area contributed by atoms with E-state index in [1.165, 1.54) is 22.2 Å². The maximum absolute atomic E-state index is 12.9. The molecule has 8 heteroatoms. The van der Waals surface area contributed by atoms with Crippen molar-refractivity contribution in [2.45, 2.75) is 6.92 Å². The summed E-state index contributed by atoms with van der Waals surface area (Å²) in [6.45, 7) is 1.77. The summed E-state index contributed by atoms with van der Waals surface area (Å²) in [5.74, 6) is 1.64. The first-order chi connectivity index (χ1) is 11.6. The number of hydrogen-bond acceptors (Lipinski definition) is 7. The van der Waals surface area contributed by atoms with E-state index in [1.54, 1.807) is 38.3 Å². The molecule has 0 aliphatic carbocycles. The van der Waals surface area contributed by atoms with Gasteiger partial charge in [-0.1, -0.05) is 0 Å². The normalized spacial score (nSPS) is 11.2. The van der Waals surface area contributed by atoms with Gasteiger partial charge >= 0.3 is 0 Å². The van der Waals surface area contributed by atoms with Crippen molar-refractivity contribution >= 4 is 37.6 Å². The molecule has 0 bridgehead atoms. The van der Waals surface area contributed by atoms with Gasteiger partial charge in [-0.05, 0) is 31.2 Å². The molecule has 3 heterocycles. The zero-order chi connectivity index (χ0) is 16.8. The van der Waals surface area contributed by atoms with Gasteiger partial charge in [0.1, 0.15) is 38.8 Å². The number of nitrogen functional groups attached to an aromatic ring is 1. The molecule has 0 unspecified atom stereocenters. The molecule has 2 N–H and O–H groups in total. The Hall–Kier alpha value is -3.00. The Labute approximate surface area is 140 Å². The van der Waals surface area contributed by atoms with Crippen LogP contribution >= 0.6 is 11.3 Å². The average molecular weight is 339 g/mol. The zero-order valence-electron chi connectivity index (χ0n) is 13.0. The van der Waals surface area contributed by atoms with E-state index >= 15 is 0 Å². The van der Waals surface area contributed by atoms with Gasteiger partial charge in [-0.25, -0.2) is 15.0 Å². The number of thiophene rings is 1. The fourth-order valence-corrected chi connectivity index (χ4v) is 3.71. The average Bonchev–Trinajstić information content (AvgIpc) is 2.95. The number of hydrogen-bond donors (Lipinski definition) is 1. The van der Waals surface area contributed by atoms with Gasteiger partial charge in [0.05, 0.1) is 18.2 Å². The van der Waals surface area contributed by atoms with Gasteiger partial charge in [0.2, 0.25) is 0 Å². The highest BCUT2D eigenvalue weighted by Gasteiger charge is 2.16. The molecule has 0 aliphatic heterocycles. The van der Waals surface area contributed by atoms with Crippen molar-refractivity contribution in [1.82, 2.24) is 19.5 Å². The molecular weight excluding hydrogens is 326 g/mol. The van der Waals surface area contributed by atoms with Gasteiger partial charge in [-0.15, -0.1) is 11.3 Å². The van der Waals surface area contributed by atoms with E-state index in [0.29, 0.717) is 37.8 Å². The molecule has 0 spiro atoms. The maximum atomic E-state index is 12.9. The largest absolute Gasteiger partial charge is 0.497 e. The number of fused-ring (bicyclic) bond motifs is 3. The number of aromatic nitrogens is 4. The first-order valence-electron chi connectivity index (χ1n) is 7.17. The summed E-state index contributed by atoms with van der Waals surface area (Å²) >= 11 is 1.28. The minimum absolute atomic E-state index is 0.162. The summed E-state index contributed by atoms with van der Waals surface area (Å²) < 4.78 is 7.14. The van der Waals surface area contributed by atoms with E-state index < -0.39 is 0 Å². The first kappa shape index (κ1) is 14.6. The van der Waals surface area contributed by atoms with Crippen molar-refractivity contribution in [2.75, 3.05) is 12.8 Å². The monoisotopic (exact) mass is 339 g/mol. The van der Waals surface area contributed by atoms with Crippen LogP contribution in [0.5, 0.6) is 5.75 Å². The Kier molecular flexibility index (Phi) is 3.20. The van der Waals surface area contributed by atoms with Crippen LogP contribution < -0.4 is 16.0 Å². The molecule has 0 radical (unpaired) electrons. The number of benzene rings is 1. The summed E-state index contributed by atoms with van der Waals surface area (Å²) in [5.41, 5.74) is 7.08. The molecule has 7 nitrogen and oxygen atoms in total. The number of anilines is 1. The second-order valence-electron chi connectivity index (χ2n) is 5.23. The van der Waals surface area contributed by atoms with E-state index in [-0.39, 0.29) is 5.56 Å². The molecule has 120 valence electrons. The van der Waals surface area contributed by atoms with Crippen LogP contribution in [0.1, 0.15) is 5.82 Å². The van der Waals surface area contributed by atoms with Gasteiger partial charge in [0.15, 0.2) is 0 Å². The molecule has 0 aliphatic rings. The van der Waals surface area contributed by atoms with Crippen molar-refractivity contribution in [3.8, 4) is 11.4 Å². The minimum Gasteiger partial charge on any atom is -0.497 e. The van der Waals surface area contributed by atoms with Crippen LogP contribution in [0.15, 0.2) is 35.4 Å². The molecule has 1 aromatic carbocycles. The zero-order valence-corrected chi connectivity index (χ0v) is 13.8. The number of nitrogens with two attached hydrogens (primary N) is 1. The third-order valence-corrected chi connectivity index (χ3v) is 4.79. The number of nitrogens with zero attached hydrogens (tertiary/aromatic N) is 4. The van der Waals surface area contributed by atoms with Crippen molar-refractivity contribution in [3.05, 3.63) is 46.8 Å². The third kappa shape index (κ3) is 2.11. The Morgan fingerprint density at radius 3 is 2.67 bits per heavy atom. The predicted molar refractivity (Wildman–Crippen MR) is 94.0 cm³/mol. The van der Waals surface area contributed by atoms with Crippen molar-refractivity contribution in [2.24, 2.45) is 0 Å². The third-order valence-electron chi connectivity index (χ3n) is 3.73. The van der Waals surface area contributed by atoms with E-state index in [1.807, 2.05) is 0 Å². The van der Waals surface area contributed by atoms with Crippen LogP contribution in [0, 0.1) is 6.92 Å². The number of ether oxygens (including phenoxy) is 1. The second kappa shape index (κ2) is 5.27. The number of aryl methyl sites for hydroxylation is 1. The number of methoxy groups -OCH3 is 1. The summed E-state index contributed by atoms with van der Waals surface area (Å²) in [6.07, 6.45) is 1.50. The van der Waals surface area contributed by atoms with E-state index in [4.69, 9.17) is 10.5 Å². The lowest BCUT2D eigenvalue weighted by atomic mass is 10.3. The second-order valence-corrected chi connectivity index (χ2v) is 6.23. The molecule has 0 amide bonds. The highest BCUT2D eigenvalue weighted by molar-refractivity contribution is 7.25. The van der Waals surface area contributed by atoms with Crippen LogP contribution in [0.2, 0.25) is 0 Å². The maximum Gasteiger partial charge on any atom is 0.275 e. The number of rotatable bonds is 2. The lowest BCUT2D eigenvalue weighted by Gasteiger charge is -2.06. The fraction of sp³-hybridized carbons (Fsp3) is 0.125. The lowest BCUT2D eigenvalue weighted by molar-refractivity contribution is 0.414. The van der Waals surface area contributed by atoms with Crippen LogP contribution in [0.25, 0.3) is 26.1 Å². The lowest BCUT2D eigenvalue weighted by Crippen LogP contribution is -2.17. The van der Waals surface area contributed by atoms with Gasteiger partial charge in [-0.2, -0.15) is 0 Å². The van der Waals surface area contributed by atoms with Crippen molar-refractivity contribution in [3.63, 3.8) is 0 Å². The quantitative estimate of drug-likeness (QED) is 0.602. The van der Waals surface area contributed by atoms with Crippen molar-refractivity contribution in [1.29, 1.82) is 0 Å². The van der Waals surface area contributed by atoms with Gasteiger partial charge in [0, 0.05) is 0 Å². The summed E-state index contributed by atoms with van der Waals surface area (Å²) in [4.78, 5) is 26.5. The van der Waals surface area contributed by atoms with Crippen molar-refractivity contribution < 1.29 is 4.74 Å². The summed E-state index contributed by atoms with van der Waals surface area (Å²) in [5, 5.41) is 0.639. The first-order valence-corrected chi connectivity index (χ1v) is 7.98. The molecule has 4 rings (SSSR count). The molecule has 0 saturated carbocycles. The Balaban J connectivity index is 1.99. The summed E-state index contributed by atoms with van der Waals surface area (Å²) in [7, 11) is 1.60. The highest BCUT2D eigenvalue weighted by atomic mass is 32.1. The van der Waals surface area contributed by atoms with Crippen LogP contribution in [-0.4, -0.2) is 26.6 Å². The minimum atomic E-state index is -0.162. The molecular formula is C16H13N5O2S. The molecule has 0 atom stereocenters. The molecule has 0 saturated heterocycles. The standard InChI is InChI=1S/C16H13N5O2S/c1-8-19-14(17)11-12-13(24-15(11)20-8)16(22)21(7-18-12)9-3-5-10(23-2)6-4-9/h3-7H,1-2H3,(H2,17,19,20). The topological polar surface area (TPSA) is 95.9 Å². The van der Waals surface area contributed by atoms with Gasteiger partial charge < -0.3 is 10.5 Å². The molecule has 4 aromatic rings. The summed E-state index contributed by atoms with van der Waals surface area (Å²) in [6, 6.07) is 7.20. The van der Waals surface area contributed by atoms with E-state index in [0.717, 1.165) is 5.75 Å². The molecule has 3 aromatic heterocycles. The molecule has 0 fully saturated rings. The van der Waals surface area contributed by atoms with Crippen LogP contribution in [0.4, 0.5) is 5.82 Å². The Morgan fingerprint density at radius 1 is 1.21 bits per heavy atom. The molecule has 24 heavy (non-hydrogen) atoms.